The van der Waals surface area contributed by atoms with Crippen molar-refractivity contribution < 1.29 is 9.21 Å². The van der Waals surface area contributed by atoms with Crippen LogP contribution < -0.4 is 16.4 Å². The molecular weight excluding hydrogens is 472 g/mol. The molecule has 0 bridgehead atoms. The molecule has 6 rings (SSSR count). The minimum Gasteiger partial charge on any atom is -0.455 e. The number of anilines is 3. The minimum atomic E-state index is -0.0650. The molecule has 0 saturated heterocycles. The third-order valence-electron chi connectivity index (χ3n) is 6.52. The summed E-state index contributed by atoms with van der Waals surface area (Å²) in [5.41, 5.74) is 13.6. The van der Waals surface area contributed by atoms with Gasteiger partial charge in [0.1, 0.15) is 11.2 Å². The molecule has 0 aliphatic carbocycles. The van der Waals surface area contributed by atoms with E-state index < -0.39 is 0 Å². The zero-order chi connectivity index (χ0) is 25.9. The highest BCUT2D eigenvalue weighted by molar-refractivity contribution is 6.09. The van der Waals surface area contributed by atoms with E-state index in [1.165, 1.54) is 0 Å². The van der Waals surface area contributed by atoms with Crippen LogP contribution in [0.25, 0.3) is 33.2 Å². The van der Waals surface area contributed by atoms with Crippen LogP contribution in [0.15, 0.2) is 114 Å². The van der Waals surface area contributed by atoms with Gasteiger partial charge in [-0.15, -0.1) is 0 Å². The van der Waals surface area contributed by atoms with Gasteiger partial charge in [0.2, 0.25) is 5.91 Å². The lowest BCUT2D eigenvalue weighted by Crippen LogP contribution is -2.14. The number of fused-ring (bicyclic) bond motifs is 3. The Morgan fingerprint density at radius 3 is 2.32 bits per heavy atom. The van der Waals surface area contributed by atoms with Gasteiger partial charge in [0.25, 0.3) is 0 Å². The number of nitrogens with one attached hydrogen (secondary N) is 2. The van der Waals surface area contributed by atoms with Gasteiger partial charge in [-0.1, -0.05) is 54.6 Å². The quantitative estimate of drug-likeness (QED) is 0.220. The van der Waals surface area contributed by atoms with Crippen LogP contribution in [-0.2, 0) is 17.8 Å². The van der Waals surface area contributed by atoms with Gasteiger partial charge < -0.3 is 20.8 Å². The average molecular weight is 499 g/mol. The van der Waals surface area contributed by atoms with Gasteiger partial charge in [0.15, 0.2) is 0 Å². The number of rotatable bonds is 7. The zero-order valence-electron chi connectivity index (χ0n) is 20.6. The van der Waals surface area contributed by atoms with Gasteiger partial charge in [-0.05, 0) is 59.7 Å². The number of aromatic nitrogens is 1. The summed E-state index contributed by atoms with van der Waals surface area (Å²) < 4.78 is 6.19. The predicted octanol–water partition coefficient (Wildman–Crippen LogP) is 7.03. The Labute approximate surface area is 220 Å². The van der Waals surface area contributed by atoms with Crippen molar-refractivity contribution in [1.29, 1.82) is 0 Å². The van der Waals surface area contributed by atoms with E-state index in [1.807, 2.05) is 91.0 Å². The van der Waals surface area contributed by atoms with Crippen LogP contribution >= 0.6 is 0 Å². The molecule has 0 unspecified atom stereocenters. The average Bonchev–Trinajstić information content (AvgIpc) is 3.34. The normalized spacial score (nSPS) is 11.1. The van der Waals surface area contributed by atoms with Crippen molar-refractivity contribution in [3.63, 3.8) is 0 Å². The third-order valence-corrected chi connectivity index (χ3v) is 6.52. The highest BCUT2D eigenvalue weighted by Crippen LogP contribution is 2.35. The highest BCUT2D eigenvalue weighted by atomic mass is 16.3. The second kappa shape index (κ2) is 10.2. The number of benzene rings is 4. The van der Waals surface area contributed by atoms with Crippen LogP contribution in [0.3, 0.4) is 0 Å². The van der Waals surface area contributed by atoms with Crippen molar-refractivity contribution in [3.8, 4) is 11.3 Å². The molecule has 0 fully saturated rings. The summed E-state index contributed by atoms with van der Waals surface area (Å²) in [4.78, 5) is 17.1. The van der Waals surface area contributed by atoms with E-state index in [-0.39, 0.29) is 5.91 Å². The van der Waals surface area contributed by atoms with E-state index in [0.717, 1.165) is 61.4 Å². The lowest BCUT2D eigenvalue weighted by molar-refractivity contribution is -0.115. The summed E-state index contributed by atoms with van der Waals surface area (Å²) in [6.07, 6.45) is 2.09. The Balaban J connectivity index is 1.16. The molecule has 0 saturated carbocycles. The molecule has 4 aromatic carbocycles. The van der Waals surface area contributed by atoms with E-state index in [0.29, 0.717) is 13.0 Å². The van der Waals surface area contributed by atoms with E-state index in [2.05, 4.69) is 27.8 Å². The fourth-order valence-corrected chi connectivity index (χ4v) is 4.59. The maximum atomic E-state index is 12.5. The number of amides is 1. The number of hydrogen-bond acceptors (Lipinski definition) is 5. The summed E-state index contributed by atoms with van der Waals surface area (Å²) in [6, 6.07) is 33.5. The first-order valence-electron chi connectivity index (χ1n) is 12.5. The number of hydrogen-bond donors (Lipinski definition) is 3. The number of nitrogens with two attached hydrogens (primary N) is 1. The standard InChI is InChI=1S/C32H26N4O2/c33-20-22-10-8-21(9-11-22)18-31(37)36-24-14-12-23(13-15-24)35-25-16-17-34-29(19-25)28-6-3-5-27-26-4-1-2-7-30(26)38-32(27)28/h1-17,19H,18,20,33H2,(H,34,35)(H,36,37). The Morgan fingerprint density at radius 1 is 0.763 bits per heavy atom. The first-order valence-corrected chi connectivity index (χ1v) is 12.5. The molecule has 0 radical (unpaired) electrons. The fourth-order valence-electron chi connectivity index (χ4n) is 4.59. The SMILES string of the molecule is NCc1ccc(CC(=O)Nc2ccc(Nc3ccnc(-c4cccc5c4oc4ccccc45)c3)cc2)cc1. The van der Waals surface area contributed by atoms with E-state index in [4.69, 9.17) is 10.2 Å². The summed E-state index contributed by atoms with van der Waals surface area (Å²) in [6.45, 7) is 0.491. The number of pyridine rings is 1. The number of para-hydroxylation sites is 2. The summed E-state index contributed by atoms with van der Waals surface area (Å²) in [7, 11) is 0. The highest BCUT2D eigenvalue weighted by Gasteiger charge is 2.13. The maximum Gasteiger partial charge on any atom is 0.228 e. The lowest BCUT2D eigenvalue weighted by atomic mass is 10.1. The Morgan fingerprint density at radius 2 is 1.50 bits per heavy atom. The Hall–Kier alpha value is -4.94. The number of carbonyl (C=O) groups is 1. The Bertz CT molecular complexity index is 1740. The van der Waals surface area contributed by atoms with Gasteiger partial charge >= 0.3 is 0 Å². The minimum absolute atomic E-state index is 0.0650. The van der Waals surface area contributed by atoms with Crippen molar-refractivity contribution in [2.75, 3.05) is 10.6 Å². The number of carbonyl (C=O) groups excluding carboxylic acids is 1. The lowest BCUT2D eigenvalue weighted by Gasteiger charge is -2.10. The first-order chi connectivity index (χ1) is 18.7. The number of nitrogens with zero attached hydrogens (tertiary/aromatic N) is 1. The largest absolute Gasteiger partial charge is 0.455 e. The van der Waals surface area contributed by atoms with Crippen molar-refractivity contribution in [1.82, 2.24) is 4.98 Å². The molecule has 0 aliphatic heterocycles. The molecule has 2 heterocycles. The van der Waals surface area contributed by atoms with Gasteiger partial charge in [0, 0.05) is 46.1 Å². The van der Waals surface area contributed by atoms with Crippen molar-refractivity contribution in [2.45, 2.75) is 13.0 Å². The fraction of sp³-hybridized carbons (Fsp3) is 0.0625. The van der Waals surface area contributed by atoms with Crippen LogP contribution in [0.5, 0.6) is 0 Å². The molecule has 2 aromatic heterocycles. The smallest absolute Gasteiger partial charge is 0.228 e. The molecule has 6 aromatic rings. The summed E-state index contributed by atoms with van der Waals surface area (Å²) in [5, 5.41) is 8.55. The predicted molar refractivity (Wildman–Crippen MR) is 153 cm³/mol. The first kappa shape index (κ1) is 23.5. The molecule has 186 valence electrons. The molecule has 6 heteroatoms. The van der Waals surface area contributed by atoms with Gasteiger partial charge in [0.05, 0.1) is 12.1 Å². The third kappa shape index (κ3) is 4.85. The molecule has 38 heavy (non-hydrogen) atoms. The van der Waals surface area contributed by atoms with Gasteiger partial charge in [-0.2, -0.15) is 0 Å². The maximum absolute atomic E-state index is 12.5. The van der Waals surface area contributed by atoms with Crippen molar-refractivity contribution >= 4 is 44.9 Å². The van der Waals surface area contributed by atoms with E-state index in [9.17, 15) is 4.79 Å². The van der Waals surface area contributed by atoms with Crippen LogP contribution in [0.4, 0.5) is 17.1 Å². The number of furan rings is 1. The molecule has 0 spiro atoms. The van der Waals surface area contributed by atoms with Crippen LogP contribution in [-0.4, -0.2) is 10.9 Å². The van der Waals surface area contributed by atoms with Crippen molar-refractivity contribution in [3.05, 3.63) is 120 Å². The molecule has 6 nitrogen and oxygen atoms in total. The zero-order valence-corrected chi connectivity index (χ0v) is 20.6. The van der Waals surface area contributed by atoms with Crippen LogP contribution in [0.2, 0.25) is 0 Å². The van der Waals surface area contributed by atoms with E-state index in [1.54, 1.807) is 6.20 Å². The van der Waals surface area contributed by atoms with Crippen LogP contribution in [0.1, 0.15) is 11.1 Å². The topological polar surface area (TPSA) is 93.2 Å². The van der Waals surface area contributed by atoms with E-state index >= 15 is 0 Å². The van der Waals surface area contributed by atoms with Gasteiger partial charge in [-0.25, -0.2) is 0 Å². The molecule has 0 aliphatic rings. The molecule has 1 amide bonds. The second-order valence-corrected chi connectivity index (χ2v) is 9.16. The van der Waals surface area contributed by atoms with Crippen LogP contribution in [0, 0.1) is 0 Å². The summed E-state index contributed by atoms with van der Waals surface area (Å²) >= 11 is 0. The molecule has 0 atom stereocenters. The van der Waals surface area contributed by atoms with Gasteiger partial charge in [-0.3, -0.25) is 9.78 Å². The molecular formula is C32H26N4O2. The van der Waals surface area contributed by atoms with Crippen molar-refractivity contribution in [2.24, 2.45) is 5.73 Å². The Kier molecular flexibility index (Phi) is 6.30. The monoisotopic (exact) mass is 498 g/mol. The molecule has 4 N–H and O–H groups in total. The summed E-state index contributed by atoms with van der Waals surface area (Å²) in [5.74, 6) is -0.0650. The second-order valence-electron chi connectivity index (χ2n) is 9.16.